The number of nitrogens with one attached hydrogen (secondary N) is 1. The van der Waals surface area contributed by atoms with E-state index in [0.717, 1.165) is 18.0 Å². The molecule has 1 aromatic carbocycles. The van der Waals surface area contributed by atoms with Gasteiger partial charge in [-0.15, -0.1) is 0 Å². The molecular weight excluding hydrogens is 268 g/mol. The first kappa shape index (κ1) is 15.0. The van der Waals surface area contributed by atoms with Gasteiger partial charge >= 0.3 is 0 Å². The van der Waals surface area contributed by atoms with E-state index in [1.54, 1.807) is 0 Å². The van der Waals surface area contributed by atoms with E-state index in [-0.39, 0.29) is 10.9 Å². The molecule has 0 aliphatic heterocycles. The zero-order valence-electron chi connectivity index (χ0n) is 11.8. The van der Waals surface area contributed by atoms with Gasteiger partial charge in [-0.05, 0) is 30.2 Å². The van der Waals surface area contributed by atoms with Crippen LogP contribution >= 0.6 is 12.2 Å². The van der Waals surface area contributed by atoms with E-state index in [1.807, 2.05) is 30.3 Å². The van der Waals surface area contributed by atoms with Gasteiger partial charge in [-0.3, -0.25) is 4.79 Å². The molecule has 1 aliphatic carbocycles. The van der Waals surface area contributed by atoms with Crippen molar-refractivity contribution in [3.8, 4) is 0 Å². The van der Waals surface area contributed by atoms with Crippen LogP contribution in [-0.4, -0.2) is 17.4 Å². The third kappa shape index (κ3) is 3.79. The average Bonchev–Trinajstić information content (AvgIpc) is 2.83. The van der Waals surface area contributed by atoms with Gasteiger partial charge in [0.15, 0.2) is 0 Å². The maximum atomic E-state index is 12.3. The summed E-state index contributed by atoms with van der Waals surface area (Å²) in [7, 11) is 0. The van der Waals surface area contributed by atoms with E-state index in [0.29, 0.717) is 5.92 Å². The summed E-state index contributed by atoms with van der Waals surface area (Å²) in [5.41, 5.74) is 6.60. The van der Waals surface area contributed by atoms with Crippen LogP contribution in [0.5, 0.6) is 0 Å². The van der Waals surface area contributed by atoms with Crippen LogP contribution in [-0.2, 0) is 4.79 Å². The maximum absolute atomic E-state index is 12.3. The second kappa shape index (κ2) is 6.84. The molecule has 0 aromatic heterocycles. The standard InChI is InChI=1S/C16H22N2OS/c1-11-7-8-12(9-11)10-18-16(19)14(15(17)20)13-5-3-2-4-6-13/h2-6,11-12,14H,7-10H2,1H3,(H2,17,20)(H,18,19). The minimum absolute atomic E-state index is 0.0803. The van der Waals surface area contributed by atoms with Crippen LogP contribution in [0.1, 0.15) is 37.7 Å². The van der Waals surface area contributed by atoms with Crippen LogP contribution in [0, 0.1) is 11.8 Å². The number of hydrogen-bond donors (Lipinski definition) is 2. The zero-order chi connectivity index (χ0) is 14.5. The van der Waals surface area contributed by atoms with E-state index in [4.69, 9.17) is 18.0 Å². The Kier molecular flexibility index (Phi) is 5.12. The number of nitrogens with two attached hydrogens (primary N) is 1. The lowest BCUT2D eigenvalue weighted by molar-refractivity contribution is -0.121. The van der Waals surface area contributed by atoms with Gasteiger partial charge < -0.3 is 11.1 Å². The van der Waals surface area contributed by atoms with E-state index in [2.05, 4.69) is 12.2 Å². The van der Waals surface area contributed by atoms with Crippen molar-refractivity contribution in [1.82, 2.24) is 5.32 Å². The van der Waals surface area contributed by atoms with E-state index in [1.165, 1.54) is 19.3 Å². The van der Waals surface area contributed by atoms with Crippen LogP contribution in [0.4, 0.5) is 0 Å². The summed E-state index contributed by atoms with van der Waals surface area (Å²) in [5.74, 6) is 0.766. The topological polar surface area (TPSA) is 55.1 Å². The molecule has 3 unspecified atom stereocenters. The molecule has 3 N–H and O–H groups in total. The molecule has 2 rings (SSSR count). The largest absolute Gasteiger partial charge is 0.392 e. The Morgan fingerprint density at radius 1 is 1.40 bits per heavy atom. The van der Waals surface area contributed by atoms with Gasteiger partial charge in [-0.25, -0.2) is 0 Å². The number of rotatable bonds is 5. The lowest BCUT2D eigenvalue weighted by Gasteiger charge is -2.18. The Labute approximate surface area is 125 Å². The summed E-state index contributed by atoms with van der Waals surface area (Å²) in [6.45, 7) is 3.00. The van der Waals surface area contributed by atoms with Gasteiger partial charge in [0.1, 0.15) is 5.92 Å². The van der Waals surface area contributed by atoms with Gasteiger partial charge in [-0.2, -0.15) is 0 Å². The van der Waals surface area contributed by atoms with Crippen LogP contribution in [0.25, 0.3) is 0 Å². The number of benzene rings is 1. The smallest absolute Gasteiger partial charge is 0.234 e. The third-order valence-electron chi connectivity index (χ3n) is 4.05. The van der Waals surface area contributed by atoms with E-state index >= 15 is 0 Å². The minimum Gasteiger partial charge on any atom is -0.392 e. The fourth-order valence-corrected chi connectivity index (χ4v) is 3.19. The molecule has 108 valence electrons. The van der Waals surface area contributed by atoms with Crippen molar-refractivity contribution in [2.45, 2.75) is 32.1 Å². The van der Waals surface area contributed by atoms with Crippen molar-refractivity contribution < 1.29 is 4.79 Å². The lowest BCUT2D eigenvalue weighted by Crippen LogP contribution is -2.38. The van der Waals surface area contributed by atoms with Crippen LogP contribution in [0.15, 0.2) is 30.3 Å². The van der Waals surface area contributed by atoms with Crippen molar-refractivity contribution >= 4 is 23.1 Å². The Morgan fingerprint density at radius 2 is 2.10 bits per heavy atom. The molecule has 1 saturated carbocycles. The Balaban J connectivity index is 1.96. The number of thiocarbonyl (C=S) groups is 1. The van der Waals surface area contributed by atoms with Crippen LogP contribution < -0.4 is 11.1 Å². The molecule has 1 aromatic rings. The second-order valence-electron chi connectivity index (χ2n) is 5.78. The summed E-state index contributed by atoms with van der Waals surface area (Å²) < 4.78 is 0. The first-order valence-electron chi connectivity index (χ1n) is 7.20. The summed E-state index contributed by atoms with van der Waals surface area (Å²) in [4.78, 5) is 12.6. The number of carbonyl (C=O) groups excluding carboxylic acids is 1. The van der Waals surface area contributed by atoms with Gasteiger partial charge in [0.25, 0.3) is 0 Å². The SMILES string of the molecule is CC1CCC(CNC(=O)C(C(N)=S)c2ccccc2)C1. The van der Waals surface area contributed by atoms with E-state index < -0.39 is 5.92 Å². The average molecular weight is 290 g/mol. The molecule has 0 heterocycles. The van der Waals surface area contributed by atoms with Crippen molar-refractivity contribution in [3.05, 3.63) is 35.9 Å². The molecule has 1 amide bonds. The zero-order valence-corrected chi connectivity index (χ0v) is 12.7. The molecule has 0 radical (unpaired) electrons. The predicted octanol–water partition coefficient (Wildman–Crippen LogP) is 2.61. The molecule has 0 spiro atoms. The molecule has 0 bridgehead atoms. The van der Waals surface area contributed by atoms with Crippen molar-refractivity contribution in [1.29, 1.82) is 0 Å². The normalized spacial score (nSPS) is 23.2. The van der Waals surface area contributed by atoms with Gasteiger partial charge in [0, 0.05) is 6.54 Å². The summed E-state index contributed by atoms with van der Waals surface area (Å²) in [6.07, 6.45) is 3.66. The molecule has 4 heteroatoms. The molecule has 1 fully saturated rings. The summed E-state index contributed by atoms with van der Waals surface area (Å²) in [5, 5.41) is 3.02. The monoisotopic (exact) mass is 290 g/mol. The number of carbonyl (C=O) groups is 1. The first-order chi connectivity index (χ1) is 9.58. The van der Waals surface area contributed by atoms with Gasteiger partial charge in [-0.1, -0.05) is 55.9 Å². The Hall–Kier alpha value is -1.42. The molecule has 3 nitrogen and oxygen atoms in total. The van der Waals surface area contributed by atoms with Gasteiger partial charge in [0.2, 0.25) is 5.91 Å². The van der Waals surface area contributed by atoms with E-state index in [9.17, 15) is 4.79 Å². The summed E-state index contributed by atoms with van der Waals surface area (Å²) in [6, 6.07) is 9.49. The Bertz CT molecular complexity index is 475. The number of amides is 1. The minimum atomic E-state index is -0.523. The van der Waals surface area contributed by atoms with Crippen molar-refractivity contribution in [2.24, 2.45) is 17.6 Å². The van der Waals surface area contributed by atoms with Crippen LogP contribution in [0.3, 0.4) is 0 Å². The highest BCUT2D eigenvalue weighted by Gasteiger charge is 2.26. The van der Waals surface area contributed by atoms with Gasteiger partial charge in [0.05, 0.1) is 4.99 Å². The summed E-state index contributed by atoms with van der Waals surface area (Å²) >= 11 is 5.06. The maximum Gasteiger partial charge on any atom is 0.234 e. The third-order valence-corrected chi connectivity index (χ3v) is 4.28. The molecule has 20 heavy (non-hydrogen) atoms. The van der Waals surface area contributed by atoms with Crippen LogP contribution in [0.2, 0.25) is 0 Å². The molecule has 0 saturated heterocycles. The predicted molar refractivity (Wildman–Crippen MR) is 85.5 cm³/mol. The second-order valence-corrected chi connectivity index (χ2v) is 6.25. The molecular formula is C16H22N2OS. The molecule has 3 atom stereocenters. The molecule has 1 aliphatic rings. The highest BCUT2D eigenvalue weighted by molar-refractivity contribution is 7.80. The first-order valence-corrected chi connectivity index (χ1v) is 7.60. The highest BCUT2D eigenvalue weighted by Crippen LogP contribution is 2.29. The van der Waals surface area contributed by atoms with Crippen molar-refractivity contribution in [3.63, 3.8) is 0 Å². The fourth-order valence-electron chi connectivity index (χ4n) is 2.95. The highest BCUT2D eigenvalue weighted by atomic mass is 32.1. The quantitative estimate of drug-likeness (QED) is 0.820. The Morgan fingerprint density at radius 3 is 2.65 bits per heavy atom. The van der Waals surface area contributed by atoms with Crippen molar-refractivity contribution in [2.75, 3.05) is 6.54 Å². The number of hydrogen-bond acceptors (Lipinski definition) is 2. The fraction of sp³-hybridized carbons (Fsp3) is 0.500. The lowest BCUT2D eigenvalue weighted by atomic mass is 9.97.